The fourth-order valence-electron chi connectivity index (χ4n) is 2.26. The Morgan fingerprint density at radius 1 is 0.577 bits per heavy atom. The molecule has 0 aliphatic heterocycles. The third kappa shape index (κ3) is 3.53. The molecule has 10 heteroatoms. The molecule has 2 rings (SSSR count). The number of nitrogens with one attached hydrogen (secondary N) is 2. The zero-order valence-corrected chi connectivity index (χ0v) is 12.9. The van der Waals surface area contributed by atoms with E-state index in [4.69, 9.17) is 10.2 Å². The maximum Gasteiger partial charge on any atom is 0.338 e. The highest BCUT2D eigenvalue weighted by atomic mass is 16.4. The Morgan fingerprint density at radius 3 is 1.19 bits per heavy atom. The number of anilines is 2. The summed E-state index contributed by atoms with van der Waals surface area (Å²) in [6, 6.07) is 7.33. The molecule has 134 valence electrons. The largest absolute Gasteiger partial charge is 0.478 e. The number of carboxylic acids is 4. The molecule has 0 aromatic heterocycles. The first-order valence-corrected chi connectivity index (χ1v) is 6.95. The Hall–Kier alpha value is -4.08. The smallest absolute Gasteiger partial charge is 0.338 e. The molecule has 0 aliphatic carbocycles. The van der Waals surface area contributed by atoms with Gasteiger partial charge >= 0.3 is 23.9 Å². The minimum atomic E-state index is -1.51. The van der Waals surface area contributed by atoms with Crippen LogP contribution in [0.4, 0.5) is 11.4 Å². The number of hydrogen-bond donors (Lipinski definition) is 6. The van der Waals surface area contributed by atoms with Gasteiger partial charge in [0.2, 0.25) is 0 Å². The predicted molar refractivity (Wildman–Crippen MR) is 88.0 cm³/mol. The zero-order valence-electron chi connectivity index (χ0n) is 12.9. The average Bonchev–Trinajstić information content (AvgIpc) is 2.58. The lowest BCUT2D eigenvalue weighted by Crippen LogP contribution is -2.19. The summed E-state index contributed by atoms with van der Waals surface area (Å²) in [5.74, 6) is -5.93. The second-order valence-corrected chi connectivity index (χ2v) is 4.93. The highest BCUT2D eigenvalue weighted by molar-refractivity contribution is 6.07. The standard InChI is InChI=1S/C16H12N2O8/c19-13(20)7-3-1-5-9(11(7)15(23)24)17-18-10-6-2-4-8(14(21)22)12(10)16(25)26/h1-6,17-18H,(H,19,20)(H,21,22)(H,23,24)(H,25,26). The summed E-state index contributed by atoms with van der Waals surface area (Å²) in [5, 5.41) is 36.7. The van der Waals surface area contributed by atoms with E-state index in [2.05, 4.69) is 10.9 Å². The van der Waals surface area contributed by atoms with Gasteiger partial charge in [-0.3, -0.25) is 10.9 Å². The van der Waals surface area contributed by atoms with Crippen molar-refractivity contribution in [2.45, 2.75) is 0 Å². The monoisotopic (exact) mass is 360 g/mol. The van der Waals surface area contributed by atoms with Crippen molar-refractivity contribution in [2.24, 2.45) is 0 Å². The van der Waals surface area contributed by atoms with Gasteiger partial charge in [-0.05, 0) is 24.3 Å². The summed E-state index contributed by atoms with van der Waals surface area (Å²) >= 11 is 0. The van der Waals surface area contributed by atoms with Crippen LogP contribution in [0.5, 0.6) is 0 Å². The van der Waals surface area contributed by atoms with Crippen LogP contribution in [-0.2, 0) is 0 Å². The number of carboxylic acid groups (broad SMARTS) is 4. The van der Waals surface area contributed by atoms with Gasteiger partial charge in [0.25, 0.3) is 0 Å². The molecule has 0 aliphatic rings. The minimum absolute atomic E-state index is 0.144. The molecule has 0 fully saturated rings. The van der Waals surface area contributed by atoms with Gasteiger partial charge < -0.3 is 20.4 Å². The average molecular weight is 360 g/mol. The van der Waals surface area contributed by atoms with E-state index in [9.17, 15) is 29.4 Å². The van der Waals surface area contributed by atoms with Crippen molar-refractivity contribution in [3.8, 4) is 0 Å². The lowest BCUT2D eigenvalue weighted by Gasteiger charge is -2.15. The third-order valence-electron chi connectivity index (χ3n) is 3.35. The van der Waals surface area contributed by atoms with Crippen LogP contribution in [0.1, 0.15) is 41.4 Å². The van der Waals surface area contributed by atoms with Gasteiger partial charge in [0.15, 0.2) is 0 Å². The maximum atomic E-state index is 11.4. The van der Waals surface area contributed by atoms with Gasteiger partial charge in [-0.2, -0.15) is 0 Å². The fourth-order valence-corrected chi connectivity index (χ4v) is 2.26. The van der Waals surface area contributed by atoms with Crippen molar-refractivity contribution in [2.75, 3.05) is 10.9 Å². The van der Waals surface area contributed by atoms with Crippen LogP contribution in [0.15, 0.2) is 36.4 Å². The van der Waals surface area contributed by atoms with Crippen LogP contribution in [0.25, 0.3) is 0 Å². The molecule has 2 aromatic carbocycles. The van der Waals surface area contributed by atoms with E-state index in [0.29, 0.717) is 0 Å². The Bertz CT molecular complexity index is 847. The molecule has 0 saturated heterocycles. The summed E-state index contributed by atoms with van der Waals surface area (Å²) in [7, 11) is 0. The van der Waals surface area contributed by atoms with Gasteiger partial charge in [-0.1, -0.05) is 12.1 Å². The van der Waals surface area contributed by atoms with E-state index in [1.807, 2.05) is 0 Å². The summed E-state index contributed by atoms with van der Waals surface area (Å²) in [4.78, 5) is 45.1. The van der Waals surface area contributed by atoms with Crippen LogP contribution in [0.3, 0.4) is 0 Å². The molecule has 10 nitrogen and oxygen atoms in total. The van der Waals surface area contributed by atoms with Crippen LogP contribution in [-0.4, -0.2) is 44.3 Å². The van der Waals surface area contributed by atoms with Crippen molar-refractivity contribution in [3.05, 3.63) is 58.7 Å². The van der Waals surface area contributed by atoms with Crippen molar-refractivity contribution in [3.63, 3.8) is 0 Å². The zero-order chi connectivity index (χ0) is 19.4. The number of benzene rings is 2. The Kier molecular flexibility index (Phi) is 5.07. The lowest BCUT2D eigenvalue weighted by molar-refractivity contribution is 0.0652. The second-order valence-electron chi connectivity index (χ2n) is 4.93. The molecule has 0 spiro atoms. The second kappa shape index (κ2) is 7.21. The van der Waals surface area contributed by atoms with Gasteiger partial charge in [-0.15, -0.1) is 0 Å². The molecule has 0 bridgehead atoms. The molecular weight excluding hydrogens is 348 g/mol. The first-order valence-electron chi connectivity index (χ1n) is 6.95. The molecule has 6 N–H and O–H groups in total. The summed E-state index contributed by atoms with van der Waals surface area (Å²) < 4.78 is 0. The van der Waals surface area contributed by atoms with E-state index in [1.54, 1.807) is 0 Å². The fraction of sp³-hybridized carbons (Fsp3) is 0. The summed E-state index contributed by atoms with van der Waals surface area (Å²) in [5.41, 5.74) is 2.52. The third-order valence-corrected chi connectivity index (χ3v) is 3.35. The van der Waals surface area contributed by atoms with Crippen molar-refractivity contribution in [1.82, 2.24) is 0 Å². The molecule has 0 saturated carbocycles. The quantitative estimate of drug-likeness (QED) is 0.400. The minimum Gasteiger partial charge on any atom is -0.478 e. The van der Waals surface area contributed by atoms with Crippen LogP contribution in [0, 0.1) is 0 Å². The number of carbonyl (C=O) groups is 4. The van der Waals surface area contributed by atoms with E-state index in [-0.39, 0.29) is 11.4 Å². The normalized spacial score (nSPS) is 10.0. The van der Waals surface area contributed by atoms with E-state index in [0.717, 1.165) is 12.1 Å². The van der Waals surface area contributed by atoms with E-state index >= 15 is 0 Å². The summed E-state index contributed by atoms with van der Waals surface area (Å²) in [6.07, 6.45) is 0. The summed E-state index contributed by atoms with van der Waals surface area (Å²) in [6.45, 7) is 0. The van der Waals surface area contributed by atoms with Gasteiger partial charge in [0.1, 0.15) is 0 Å². The molecule has 0 unspecified atom stereocenters. The topological polar surface area (TPSA) is 173 Å². The Morgan fingerprint density at radius 2 is 0.923 bits per heavy atom. The Labute approximate surface area is 145 Å². The van der Waals surface area contributed by atoms with E-state index < -0.39 is 46.1 Å². The number of hydrogen-bond acceptors (Lipinski definition) is 6. The van der Waals surface area contributed by atoms with E-state index in [1.165, 1.54) is 24.3 Å². The SMILES string of the molecule is O=C(O)c1cccc(NNc2cccc(C(=O)O)c2C(=O)O)c1C(=O)O. The molecule has 2 aromatic rings. The highest BCUT2D eigenvalue weighted by Gasteiger charge is 2.22. The number of hydrazine groups is 1. The van der Waals surface area contributed by atoms with Crippen molar-refractivity contribution in [1.29, 1.82) is 0 Å². The van der Waals surface area contributed by atoms with Crippen LogP contribution < -0.4 is 10.9 Å². The number of aromatic carboxylic acids is 4. The highest BCUT2D eigenvalue weighted by Crippen LogP contribution is 2.24. The van der Waals surface area contributed by atoms with Crippen LogP contribution >= 0.6 is 0 Å². The van der Waals surface area contributed by atoms with Crippen LogP contribution in [0.2, 0.25) is 0 Å². The Balaban J connectivity index is 2.45. The van der Waals surface area contributed by atoms with Gasteiger partial charge in [0, 0.05) is 0 Å². The van der Waals surface area contributed by atoms with Crippen molar-refractivity contribution < 1.29 is 39.6 Å². The first-order chi connectivity index (χ1) is 12.2. The van der Waals surface area contributed by atoms with Gasteiger partial charge in [-0.25, -0.2) is 19.2 Å². The van der Waals surface area contributed by atoms with Crippen molar-refractivity contribution >= 4 is 35.3 Å². The molecule has 0 heterocycles. The maximum absolute atomic E-state index is 11.4. The molecular formula is C16H12N2O8. The first kappa shape index (κ1) is 18.3. The lowest BCUT2D eigenvalue weighted by atomic mass is 10.1. The van der Waals surface area contributed by atoms with Gasteiger partial charge in [0.05, 0.1) is 33.6 Å². The molecule has 0 atom stereocenters. The molecule has 0 amide bonds. The molecule has 0 radical (unpaired) electrons. The molecule has 26 heavy (non-hydrogen) atoms. The number of rotatable bonds is 7. The predicted octanol–water partition coefficient (Wildman–Crippen LogP) is 1.92.